The molecule has 84 valence electrons. The van der Waals surface area contributed by atoms with Crippen LogP contribution in [0.5, 0.6) is 0 Å². The van der Waals surface area contributed by atoms with Crippen molar-refractivity contribution in [1.29, 1.82) is 0 Å². The van der Waals surface area contributed by atoms with E-state index in [1.165, 1.54) is 6.20 Å². The van der Waals surface area contributed by atoms with Crippen molar-refractivity contribution in [3.05, 3.63) is 57.0 Å². The van der Waals surface area contributed by atoms with Gasteiger partial charge >= 0.3 is 5.69 Å². The molecule has 1 aromatic carbocycles. The van der Waals surface area contributed by atoms with Gasteiger partial charge in [0.2, 0.25) is 0 Å². The lowest BCUT2D eigenvalue weighted by Gasteiger charge is -2.00. The molecular weight excluding hydrogens is 282 g/mol. The Morgan fingerprint density at radius 3 is 2.65 bits per heavy atom. The molecule has 0 bridgehead atoms. The number of hydrogen-bond acceptors (Lipinski definition) is 3. The molecule has 0 N–H and O–H groups in total. The molecule has 0 fully saturated rings. The highest BCUT2D eigenvalue weighted by Crippen LogP contribution is 2.20. The zero-order valence-corrected chi connectivity index (χ0v) is 10.4. The average molecular weight is 290 g/mol. The van der Waals surface area contributed by atoms with Crippen molar-refractivity contribution in [2.24, 2.45) is 4.99 Å². The smallest absolute Gasteiger partial charge is 0.270 e. The van der Waals surface area contributed by atoms with E-state index in [1.807, 2.05) is 24.3 Å². The lowest BCUT2D eigenvalue weighted by atomic mass is 10.1. The second kappa shape index (κ2) is 3.92. The van der Waals surface area contributed by atoms with Crippen LogP contribution in [0.15, 0.2) is 50.8 Å². The molecule has 0 saturated heterocycles. The number of fused-ring (bicyclic) bond motifs is 1. The van der Waals surface area contributed by atoms with Gasteiger partial charge in [-0.2, -0.15) is 0 Å². The normalized spacial score (nSPS) is 13.4. The fraction of sp³-hybridized carbons (Fsp3) is 0.0833. The number of hydrogen-bond donors (Lipinski definition) is 0. The van der Waals surface area contributed by atoms with E-state index < -0.39 is 0 Å². The Kier molecular flexibility index (Phi) is 2.40. The van der Waals surface area contributed by atoms with E-state index >= 15 is 0 Å². The predicted octanol–water partition coefficient (Wildman–Crippen LogP) is 2.14. The predicted molar refractivity (Wildman–Crippen MR) is 68.8 cm³/mol. The maximum atomic E-state index is 11.5. The second-order valence-electron chi connectivity index (χ2n) is 3.74. The van der Waals surface area contributed by atoms with Gasteiger partial charge in [0.25, 0.3) is 0 Å². The van der Waals surface area contributed by atoms with Gasteiger partial charge in [0.1, 0.15) is 5.82 Å². The number of nitrogens with zero attached hydrogens (tertiary/aromatic N) is 3. The summed E-state index contributed by atoms with van der Waals surface area (Å²) in [6.07, 6.45) is 1.49. The second-order valence-corrected chi connectivity index (χ2v) is 4.65. The highest BCUT2D eigenvalue weighted by atomic mass is 79.9. The molecule has 4 nitrogen and oxygen atoms in total. The van der Waals surface area contributed by atoms with Crippen LogP contribution < -0.4 is 5.69 Å². The van der Waals surface area contributed by atoms with Crippen LogP contribution in [0.2, 0.25) is 0 Å². The summed E-state index contributed by atoms with van der Waals surface area (Å²) in [7, 11) is 0. The van der Waals surface area contributed by atoms with Gasteiger partial charge < -0.3 is 0 Å². The minimum Gasteiger partial charge on any atom is -0.270 e. The summed E-state index contributed by atoms with van der Waals surface area (Å²) >= 11 is 3.39. The standard InChI is InChI=1S/C12H8BrN3O/c13-9-3-1-8(2-4-9)10-7-16-11(15-10)5-6-14-12(16)17/h1-6H,7H2. The van der Waals surface area contributed by atoms with E-state index in [0.29, 0.717) is 12.4 Å². The molecule has 1 aromatic heterocycles. The van der Waals surface area contributed by atoms with E-state index in [0.717, 1.165) is 15.7 Å². The molecule has 3 rings (SSSR count). The molecule has 1 aliphatic rings. The highest BCUT2D eigenvalue weighted by Gasteiger charge is 2.16. The van der Waals surface area contributed by atoms with Gasteiger partial charge in [0.15, 0.2) is 0 Å². The van der Waals surface area contributed by atoms with Gasteiger partial charge in [-0.3, -0.25) is 4.57 Å². The SMILES string of the molecule is O=c1nccc2n1CC(c1ccc(Br)cc1)=N2. The zero-order valence-electron chi connectivity index (χ0n) is 8.80. The lowest BCUT2D eigenvalue weighted by molar-refractivity contribution is 0.798. The minimum atomic E-state index is -0.252. The van der Waals surface area contributed by atoms with Gasteiger partial charge in [-0.25, -0.2) is 14.8 Å². The summed E-state index contributed by atoms with van der Waals surface area (Å²) in [5.74, 6) is 0.669. The van der Waals surface area contributed by atoms with Crippen molar-refractivity contribution in [2.45, 2.75) is 6.54 Å². The van der Waals surface area contributed by atoms with Crippen LogP contribution in [-0.2, 0) is 6.54 Å². The van der Waals surface area contributed by atoms with Crippen LogP contribution in [-0.4, -0.2) is 15.3 Å². The summed E-state index contributed by atoms with van der Waals surface area (Å²) < 4.78 is 2.59. The number of rotatable bonds is 1. The molecule has 0 spiro atoms. The van der Waals surface area contributed by atoms with Gasteiger partial charge in [-0.15, -0.1) is 0 Å². The Morgan fingerprint density at radius 2 is 1.94 bits per heavy atom. The first kappa shape index (κ1) is 10.4. The first-order chi connectivity index (χ1) is 8.24. The van der Waals surface area contributed by atoms with Crippen LogP contribution in [0.1, 0.15) is 5.56 Å². The average Bonchev–Trinajstić information content (AvgIpc) is 2.75. The Hall–Kier alpha value is -1.75. The van der Waals surface area contributed by atoms with Gasteiger partial charge in [-0.1, -0.05) is 28.1 Å². The molecule has 0 amide bonds. The first-order valence-corrected chi connectivity index (χ1v) is 5.93. The van der Waals surface area contributed by atoms with Crippen molar-refractivity contribution in [1.82, 2.24) is 9.55 Å². The summed E-state index contributed by atoms with van der Waals surface area (Å²) in [5.41, 5.74) is 1.66. The number of aromatic nitrogens is 2. The number of benzene rings is 1. The molecule has 0 saturated carbocycles. The fourth-order valence-corrected chi connectivity index (χ4v) is 2.06. The third-order valence-corrected chi connectivity index (χ3v) is 3.18. The van der Waals surface area contributed by atoms with E-state index in [4.69, 9.17) is 0 Å². The molecule has 17 heavy (non-hydrogen) atoms. The van der Waals surface area contributed by atoms with Crippen molar-refractivity contribution in [3.63, 3.8) is 0 Å². The Labute approximate surface area is 106 Å². The quantitative estimate of drug-likeness (QED) is 0.808. The lowest BCUT2D eigenvalue weighted by Crippen LogP contribution is -2.22. The third kappa shape index (κ3) is 1.82. The van der Waals surface area contributed by atoms with E-state index in [9.17, 15) is 4.79 Å². The molecule has 0 atom stereocenters. The van der Waals surface area contributed by atoms with E-state index in [2.05, 4.69) is 25.9 Å². The molecule has 5 heteroatoms. The van der Waals surface area contributed by atoms with Crippen LogP contribution in [0.25, 0.3) is 0 Å². The fourth-order valence-electron chi connectivity index (χ4n) is 1.79. The Morgan fingerprint density at radius 1 is 1.18 bits per heavy atom. The van der Waals surface area contributed by atoms with Crippen molar-refractivity contribution in [3.8, 4) is 0 Å². The Bertz CT molecular complexity index is 658. The Balaban J connectivity index is 2.03. The topological polar surface area (TPSA) is 47.2 Å². The van der Waals surface area contributed by atoms with Crippen molar-refractivity contribution in [2.75, 3.05) is 0 Å². The first-order valence-electron chi connectivity index (χ1n) is 5.13. The summed E-state index contributed by atoms with van der Waals surface area (Å²) in [6.45, 7) is 0.490. The molecule has 2 aromatic rings. The van der Waals surface area contributed by atoms with Crippen LogP contribution in [0.4, 0.5) is 5.82 Å². The van der Waals surface area contributed by atoms with Gasteiger partial charge in [-0.05, 0) is 23.8 Å². The van der Waals surface area contributed by atoms with Crippen LogP contribution in [0.3, 0.4) is 0 Å². The molecular formula is C12H8BrN3O. The van der Waals surface area contributed by atoms with Crippen LogP contribution in [0, 0.1) is 0 Å². The molecule has 0 unspecified atom stereocenters. The maximum absolute atomic E-state index is 11.5. The number of halogens is 1. The van der Waals surface area contributed by atoms with Gasteiger partial charge in [0.05, 0.1) is 12.3 Å². The largest absolute Gasteiger partial charge is 0.349 e. The monoisotopic (exact) mass is 289 g/mol. The van der Waals surface area contributed by atoms with E-state index in [1.54, 1.807) is 10.6 Å². The third-order valence-electron chi connectivity index (χ3n) is 2.65. The molecule has 2 heterocycles. The minimum absolute atomic E-state index is 0.252. The summed E-state index contributed by atoms with van der Waals surface area (Å²) in [5, 5.41) is 0. The zero-order chi connectivity index (χ0) is 11.8. The summed E-state index contributed by atoms with van der Waals surface area (Å²) in [6, 6.07) is 9.62. The number of aliphatic imine (C=N–C) groups is 1. The molecule has 0 radical (unpaired) electrons. The van der Waals surface area contributed by atoms with E-state index in [-0.39, 0.29) is 5.69 Å². The highest BCUT2D eigenvalue weighted by molar-refractivity contribution is 9.10. The van der Waals surface area contributed by atoms with Crippen LogP contribution >= 0.6 is 15.9 Å². The molecule has 1 aliphatic heterocycles. The molecule has 0 aliphatic carbocycles. The van der Waals surface area contributed by atoms with Crippen molar-refractivity contribution < 1.29 is 0 Å². The van der Waals surface area contributed by atoms with Crippen molar-refractivity contribution >= 4 is 27.5 Å². The van der Waals surface area contributed by atoms with Gasteiger partial charge in [0, 0.05) is 10.7 Å². The summed E-state index contributed by atoms with van der Waals surface area (Å²) in [4.78, 5) is 19.7. The maximum Gasteiger partial charge on any atom is 0.349 e.